The molecule has 9 heteroatoms. The number of aromatic nitrogens is 2. The van der Waals surface area contributed by atoms with Crippen LogP contribution >= 0.6 is 0 Å². The predicted octanol–water partition coefficient (Wildman–Crippen LogP) is 2.71. The number of alkyl halides is 2. The highest BCUT2D eigenvalue weighted by atomic mass is 19.3. The summed E-state index contributed by atoms with van der Waals surface area (Å²) in [6.07, 6.45) is 2.82. The number of halogens is 2. The summed E-state index contributed by atoms with van der Waals surface area (Å²) in [7, 11) is 0. The van der Waals surface area contributed by atoms with E-state index in [-0.39, 0.29) is 22.4 Å². The Labute approximate surface area is 163 Å². The zero-order valence-corrected chi connectivity index (χ0v) is 15.1. The molecule has 1 aliphatic heterocycles. The van der Waals surface area contributed by atoms with Crippen LogP contribution in [0, 0.1) is 0 Å². The SMILES string of the molecule is O=C(N/N=C\c1ccccc1OC(F)F)c1ccc2c(=O)n3c(nc2c1)CCC3. The molecule has 0 saturated heterocycles. The van der Waals surface area contributed by atoms with Crippen molar-refractivity contribution in [1.82, 2.24) is 15.0 Å². The van der Waals surface area contributed by atoms with Crippen molar-refractivity contribution in [3.8, 4) is 5.75 Å². The number of hydrazone groups is 1. The first kappa shape index (κ1) is 18.7. The number of fused-ring (bicyclic) bond motifs is 2. The van der Waals surface area contributed by atoms with Gasteiger partial charge in [-0.15, -0.1) is 0 Å². The summed E-state index contributed by atoms with van der Waals surface area (Å²) in [5, 5.41) is 4.26. The molecule has 3 aromatic rings. The molecule has 148 valence electrons. The maximum Gasteiger partial charge on any atom is 0.387 e. The number of carbonyl (C=O) groups excluding carboxylic acids is 1. The molecular formula is C20H16F2N4O3. The van der Waals surface area contributed by atoms with Crippen molar-refractivity contribution in [2.24, 2.45) is 5.10 Å². The Morgan fingerprint density at radius 2 is 2.10 bits per heavy atom. The number of amides is 1. The summed E-state index contributed by atoms with van der Waals surface area (Å²) in [6, 6.07) is 10.7. The molecule has 1 aromatic heterocycles. The molecule has 4 rings (SSSR count). The molecule has 0 aliphatic carbocycles. The number of benzene rings is 2. The molecule has 0 fully saturated rings. The zero-order valence-electron chi connectivity index (χ0n) is 15.1. The molecule has 0 atom stereocenters. The van der Waals surface area contributed by atoms with Crippen molar-refractivity contribution in [2.45, 2.75) is 26.0 Å². The van der Waals surface area contributed by atoms with Gasteiger partial charge in [0.2, 0.25) is 0 Å². The second kappa shape index (κ2) is 7.78. The van der Waals surface area contributed by atoms with Crippen LogP contribution in [-0.2, 0) is 13.0 Å². The van der Waals surface area contributed by atoms with Crippen LogP contribution in [0.4, 0.5) is 8.78 Å². The third-order valence-corrected chi connectivity index (χ3v) is 4.58. The Morgan fingerprint density at radius 3 is 2.93 bits per heavy atom. The van der Waals surface area contributed by atoms with E-state index in [1.54, 1.807) is 22.8 Å². The highest BCUT2D eigenvalue weighted by Gasteiger charge is 2.17. The fourth-order valence-electron chi connectivity index (χ4n) is 3.24. The molecule has 1 N–H and O–H groups in total. The molecule has 2 aromatic carbocycles. The first-order valence-electron chi connectivity index (χ1n) is 8.93. The zero-order chi connectivity index (χ0) is 20.4. The van der Waals surface area contributed by atoms with Crippen LogP contribution in [0.25, 0.3) is 10.9 Å². The second-order valence-electron chi connectivity index (χ2n) is 6.44. The van der Waals surface area contributed by atoms with Gasteiger partial charge in [-0.2, -0.15) is 13.9 Å². The lowest BCUT2D eigenvalue weighted by molar-refractivity contribution is -0.0499. The van der Waals surface area contributed by atoms with E-state index < -0.39 is 12.5 Å². The van der Waals surface area contributed by atoms with Gasteiger partial charge in [-0.3, -0.25) is 14.2 Å². The van der Waals surface area contributed by atoms with Gasteiger partial charge in [-0.1, -0.05) is 12.1 Å². The third-order valence-electron chi connectivity index (χ3n) is 4.58. The second-order valence-corrected chi connectivity index (χ2v) is 6.44. The van der Waals surface area contributed by atoms with Crippen LogP contribution < -0.4 is 15.7 Å². The number of rotatable bonds is 5. The van der Waals surface area contributed by atoms with Crippen LogP contribution in [0.15, 0.2) is 52.4 Å². The largest absolute Gasteiger partial charge is 0.434 e. The molecule has 7 nitrogen and oxygen atoms in total. The van der Waals surface area contributed by atoms with Gasteiger partial charge in [-0.05, 0) is 36.8 Å². The standard InChI is InChI=1S/C20H16F2N4O3/c21-20(22)29-16-5-2-1-4-13(16)11-23-25-18(27)12-7-8-14-15(10-12)24-17-6-3-9-26(17)19(14)28/h1-2,4-5,7-8,10-11,20H,3,6,9H2,(H,25,27)/b23-11-. The van der Waals surface area contributed by atoms with E-state index in [4.69, 9.17) is 0 Å². The topological polar surface area (TPSA) is 85.6 Å². The normalized spacial score (nSPS) is 13.2. The van der Waals surface area contributed by atoms with E-state index in [0.717, 1.165) is 12.8 Å². The molecule has 0 radical (unpaired) electrons. The van der Waals surface area contributed by atoms with Gasteiger partial charge in [-0.25, -0.2) is 10.4 Å². The molecule has 0 saturated carbocycles. The van der Waals surface area contributed by atoms with Gasteiger partial charge in [0.1, 0.15) is 11.6 Å². The monoisotopic (exact) mass is 398 g/mol. The third kappa shape index (κ3) is 3.84. The number of carbonyl (C=O) groups is 1. The van der Waals surface area contributed by atoms with Crippen molar-refractivity contribution in [3.05, 3.63) is 69.8 Å². The number of nitrogens with zero attached hydrogens (tertiary/aromatic N) is 3. The fraction of sp³-hybridized carbons (Fsp3) is 0.200. The summed E-state index contributed by atoms with van der Waals surface area (Å²) in [6.45, 7) is -2.31. The number of para-hydroxylation sites is 1. The van der Waals surface area contributed by atoms with E-state index in [1.807, 2.05) is 0 Å². The van der Waals surface area contributed by atoms with Gasteiger partial charge < -0.3 is 4.74 Å². The van der Waals surface area contributed by atoms with Crippen molar-refractivity contribution >= 4 is 23.0 Å². The quantitative estimate of drug-likeness (QED) is 0.529. The van der Waals surface area contributed by atoms with Gasteiger partial charge >= 0.3 is 6.61 Å². The van der Waals surface area contributed by atoms with Crippen LogP contribution in [-0.4, -0.2) is 28.3 Å². The fourth-order valence-corrected chi connectivity index (χ4v) is 3.24. The lowest BCUT2D eigenvalue weighted by Crippen LogP contribution is -2.22. The number of hydrogen-bond donors (Lipinski definition) is 1. The van der Waals surface area contributed by atoms with Crippen molar-refractivity contribution < 1.29 is 18.3 Å². The first-order chi connectivity index (χ1) is 14.0. The van der Waals surface area contributed by atoms with Crippen molar-refractivity contribution in [3.63, 3.8) is 0 Å². The molecule has 0 bridgehead atoms. The van der Waals surface area contributed by atoms with Crippen molar-refractivity contribution in [2.75, 3.05) is 0 Å². The van der Waals surface area contributed by atoms with E-state index in [0.29, 0.717) is 23.3 Å². The molecular weight excluding hydrogens is 382 g/mol. The van der Waals surface area contributed by atoms with E-state index in [1.165, 1.54) is 30.5 Å². The van der Waals surface area contributed by atoms with Gasteiger partial charge in [0.25, 0.3) is 11.5 Å². The summed E-state index contributed by atoms with van der Waals surface area (Å²) in [5.41, 5.74) is 3.25. The van der Waals surface area contributed by atoms with Gasteiger partial charge in [0, 0.05) is 24.1 Å². The molecule has 1 aliphatic rings. The lowest BCUT2D eigenvalue weighted by atomic mass is 10.1. The summed E-state index contributed by atoms with van der Waals surface area (Å²) in [5.74, 6) is 0.149. The van der Waals surface area contributed by atoms with Gasteiger partial charge in [0.15, 0.2) is 0 Å². The average molecular weight is 398 g/mol. The lowest BCUT2D eigenvalue weighted by Gasteiger charge is -2.07. The minimum absolute atomic E-state index is 0.0512. The van der Waals surface area contributed by atoms with Gasteiger partial charge in [0.05, 0.1) is 17.1 Å². The number of aryl methyl sites for hydroxylation is 1. The summed E-state index contributed by atoms with van der Waals surface area (Å²) < 4.78 is 31.0. The summed E-state index contributed by atoms with van der Waals surface area (Å²) >= 11 is 0. The van der Waals surface area contributed by atoms with Crippen molar-refractivity contribution in [1.29, 1.82) is 0 Å². The minimum Gasteiger partial charge on any atom is -0.434 e. The van der Waals surface area contributed by atoms with Crippen LogP contribution in [0.3, 0.4) is 0 Å². The van der Waals surface area contributed by atoms with E-state index in [2.05, 4.69) is 20.2 Å². The van der Waals surface area contributed by atoms with Crippen LogP contribution in [0.5, 0.6) is 5.75 Å². The molecule has 1 amide bonds. The average Bonchev–Trinajstić information content (AvgIpc) is 3.17. The Kier molecular flexibility index (Phi) is 5.03. The Balaban J connectivity index is 1.54. The Morgan fingerprint density at radius 1 is 1.28 bits per heavy atom. The molecule has 2 heterocycles. The minimum atomic E-state index is -2.96. The van der Waals surface area contributed by atoms with Crippen LogP contribution in [0.1, 0.15) is 28.2 Å². The molecule has 0 unspecified atom stereocenters. The smallest absolute Gasteiger partial charge is 0.387 e. The molecule has 29 heavy (non-hydrogen) atoms. The van der Waals surface area contributed by atoms with E-state index >= 15 is 0 Å². The number of hydrogen-bond acceptors (Lipinski definition) is 5. The van der Waals surface area contributed by atoms with Crippen LogP contribution in [0.2, 0.25) is 0 Å². The number of nitrogens with one attached hydrogen (secondary N) is 1. The Bertz CT molecular complexity index is 1170. The van der Waals surface area contributed by atoms with E-state index in [9.17, 15) is 18.4 Å². The maximum absolute atomic E-state index is 12.5. The highest BCUT2D eigenvalue weighted by molar-refractivity contribution is 5.98. The first-order valence-corrected chi connectivity index (χ1v) is 8.93. The number of ether oxygens (including phenoxy) is 1. The summed E-state index contributed by atoms with van der Waals surface area (Å²) in [4.78, 5) is 29.3. The highest BCUT2D eigenvalue weighted by Crippen LogP contribution is 2.18. The maximum atomic E-state index is 12.5. The predicted molar refractivity (Wildman–Crippen MR) is 102 cm³/mol. The molecule has 0 spiro atoms. The Hall–Kier alpha value is -3.62.